The zero-order valence-electron chi connectivity index (χ0n) is 14.0. The Labute approximate surface area is 145 Å². The van der Waals surface area contributed by atoms with Crippen molar-refractivity contribution in [1.82, 2.24) is 15.1 Å². The van der Waals surface area contributed by atoms with Crippen LogP contribution in [0.5, 0.6) is 0 Å². The van der Waals surface area contributed by atoms with Gasteiger partial charge in [-0.1, -0.05) is 0 Å². The maximum absolute atomic E-state index is 12.9. The Morgan fingerprint density at radius 3 is 2.44 bits per heavy atom. The van der Waals surface area contributed by atoms with E-state index >= 15 is 0 Å². The number of hydrogen-bond donors (Lipinski definition) is 2. The van der Waals surface area contributed by atoms with Gasteiger partial charge in [0.15, 0.2) is 0 Å². The first-order valence-electron chi connectivity index (χ1n) is 8.35. The molecule has 2 heterocycles. The molecule has 4 amide bonds. The van der Waals surface area contributed by atoms with Crippen molar-refractivity contribution in [3.8, 4) is 0 Å². The van der Waals surface area contributed by atoms with Gasteiger partial charge in [-0.15, -0.1) is 0 Å². The van der Waals surface area contributed by atoms with Crippen LogP contribution in [0.3, 0.4) is 0 Å². The maximum atomic E-state index is 12.9. The number of halogens is 1. The quantitative estimate of drug-likeness (QED) is 0.801. The van der Waals surface area contributed by atoms with Crippen LogP contribution in [0.15, 0.2) is 24.3 Å². The molecule has 0 saturated carbocycles. The molecule has 25 heavy (non-hydrogen) atoms. The molecule has 7 nitrogen and oxygen atoms in total. The second-order valence-corrected chi connectivity index (χ2v) is 6.39. The lowest BCUT2D eigenvalue weighted by Gasteiger charge is -2.36. The van der Waals surface area contributed by atoms with E-state index in [1.54, 1.807) is 6.92 Å². The van der Waals surface area contributed by atoms with E-state index in [1.807, 2.05) is 4.90 Å². The van der Waals surface area contributed by atoms with Crippen molar-refractivity contribution < 1.29 is 18.8 Å². The fourth-order valence-corrected chi connectivity index (χ4v) is 3.33. The van der Waals surface area contributed by atoms with Crippen LogP contribution < -0.4 is 10.6 Å². The van der Waals surface area contributed by atoms with Gasteiger partial charge in [-0.05, 0) is 44.0 Å². The number of amides is 4. The Morgan fingerprint density at radius 2 is 1.88 bits per heavy atom. The molecule has 1 spiro atoms. The maximum Gasteiger partial charge on any atom is 0.325 e. The summed E-state index contributed by atoms with van der Waals surface area (Å²) in [6.45, 7) is 3.40. The van der Waals surface area contributed by atoms with Gasteiger partial charge in [-0.2, -0.15) is 0 Å². The van der Waals surface area contributed by atoms with Crippen molar-refractivity contribution in [2.45, 2.75) is 25.3 Å². The molecule has 2 fully saturated rings. The molecule has 0 radical (unpaired) electrons. The molecule has 2 aliphatic heterocycles. The smallest absolute Gasteiger partial charge is 0.325 e. The monoisotopic (exact) mass is 348 g/mol. The van der Waals surface area contributed by atoms with Gasteiger partial charge in [0.25, 0.3) is 5.91 Å². The average Bonchev–Trinajstić information content (AvgIpc) is 2.82. The van der Waals surface area contributed by atoms with Crippen LogP contribution in [0.2, 0.25) is 0 Å². The molecular formula is C17H21FN4O3. The number of likely N-dealkylation sites (N-methyl/N-ethyl adjacent to an activating group) is 1. The van der Waals surface area contributed by atoms with E-state index in [0.29, 0.717) is 38.2 Å². The SMILES string of the molecule is CCN1C(=O)NC2(CCN(CC(=O)Nc3ccc(F)cc3)CC2)C1=O. The molecule has 0 unspecified atom stereocenters. The summed E-state index contributed by atoms with van der Waals surface area (Å²) in [6.07, 6.45) is 0.968. The first-order valence-corrected chi connectivity index (χ1v) is 8.35. The number of carbonyl (C=O) groups is 3. The van der Waals surface area contributed by atoms with Gasteiger partial charge in [-0.25, -0.2) is 9.18 Å². The third kappa shape index (κ3) is 3.48. The van der Waals surface area contributed by atoms with Crippen LogP contribution >= 0.6 is 0 Å². The molecule has 134 valence electrons. The lowest BCUT2D eigenvalue weighted by Crippen LogP contribution is -2.55. The number of anilines is 1. The van der Waals surface area contributed by atoms with E-state index < -0.39 is 5.54 Å². The van der Waals surface area contributed by atoms with Gasteiger partial charge in [0.05, 0.1) is 6.54 Å². The number of piperidine rings is 1. The van der Waals surface area contributed by atoms with Crippen molar-refractivity contribution in [2.24, 2.45) is 0 Å². The number of imide groups is 1. The predicted octanol–water partition coefficient (Wildman–Crippen LogP) is 1.17. The van der Waals surface area contributed by atoms with Crippen LogP contribution in [-0.4, -0.2) is 59.4 Å². The third-order valence-electron chi connectivity index (χ3n) is 4.77. The highest BCUT2D eigenvalue weighted by molar-refractivity contribution is 6.07. The summed E-state index contributed by atoms with van der Waals surface area (Å²) < 4.78 is 12.9. The van der Waals surface area contributed by atoms with Crippen molar-refractivity contribution in [3.63, 3.8) is 0 Å². The Balaban J connectivity index is 1.53. The number of nitrogens with one attached hydrogen (secondary N) is 2. The van der Waals surface area contributed by atoms with Crippen LogP contribution in [-0.2, 0) is 9.59 Å². The minimum Gasteiger partial charge on any atom is -0.325 e. The van der Waals surface area contributed by atoms with Gasteiger partial charge < -0.3 is 10.6 Å². The average molecular weight is 348 g/mol. The molecule has 0 atom stereocenters. The summed E-state index contributed by atoms with van der Waals surface area (Å²) in [5.41, 5.74) is -0.284. The number of rotatable bonds is 4. The minimum absolute atomic E-state index is 0.171. The summed E-state index contributed by atoms with van der Waals surface area (Å²) in [5.74, 6) is -0.723. The lowest BCUT2D eigenvalue weighted by atomic mass is 9.87. The number of carbonyl (C=O) groups excluding carboxylic acids is 3. The number of nitrogens with zero attached hydrogens (tertiary/aromatic N) is 2. The minimum atomic E-state index is -0.822. The molecule has 1 aromatic rings. The molecule has 3 rings (SSSR count). The fourth-order valence-electron chi connectivity index (χ4n) is 3.33. The predicted molar refractivity (Wildman–Crippen MR) is 89.4 cm³/mol. The Morgan fingerprint density at radius 1 is 1.24 bits per heavy atom. The van der Waals surface area contributed by atoms with Crippen molar-refractivity contribution in [1.29, 1.82) is 0 Å². The second-order valence-electron chi connectivity index (χ2n) is 6.39. The van der Waals surface area contributed by atoms with Gasteiger partial charge in [0.1, 0.15) is 11.4 Å². The molecule has 0 aromatic heterocycles. The Kier molecular flexibility index (Phi) is 4.71. The molecule has 1 aromatic carbocycles. The number of likely N-dealkylation sites (tertiary alicyclic amines) is 1. The van der Waals surface area contributed by atoms with E-state index in [-0.39, 0.29) is 30.2 Å². The first kappa shape index (κ1) is 17.3. The second kappa shape index (κ2) is 6.79. The summed E-state index contributed by atoms with van der Waals surface area (Å²) in [6, 6.07) is 5.24. The highest BCUT2D eigenvalue weighted by Crippen LogP contribution is 2.29. The molecule has 2 saturated heterocycles. The molecular weight excluding hydrogens is 327 g/mol. The highest BCUT2D eigenvalue weighted by Gasteiger charge is 2.51. The summed E-state index contributed by atoms with van der Waals surface area (Å²) in [4.78, 5) is 39.6. The van der Waals surface area contributed by atoms with Gasteiger partial charge in [0.2, 0.25) is 5.91 Å². The van der Waals surface area contributed by atoms with Crippen LogP contribution in [0.4, 0.5) is 14.9 Å². The largest absolute Gasteiger partial charge is 0.325 e. The number of hydrogen-bond acceptors (Lipinski definition) is 4. The van der Waals surface area contributed by atoms with E-state index in [1.165, 1.54) is 29.2 Å². The molecule has 8 heteroatoms. The number of urea groups is 1. The highest BCUT2D eigenvalue weighted by atomic mass is 19.1. The molecule has 2 aliphatic rings. The Bertz CT molecular complexity index is 684. The third-order valence-corrected chi connectivity index (χ3v) is 4.77. The zero-order valence-corrected chi connectivity index (χ0v) is 14.0. The normalized spacial score (nSPS) is 20.0. The lowest BCUT2D eigenvalue weighted by molar-refractivity contribution is -0.132. The van der Waals surface area contributed by atoms with Gasteiger partial charge in [-0.3, -0.25) is 19.4 Å². The van der Waals surface area contributed by atoms with E-state index in [4.69, 9.17) is 0 Å². The first-order chi connectivity index (χ1) is 11.9. The fraction of sp³-hybridized carbons (Fsp3) is 0.471. The van der Waals surface area contributed by atoms with Crippen LogP contribution in [0, 0.1) is 5.82 Å². The van der Waals surface area contributed by atoms with Crippen molar-refractivity contribution in [3.05, 3.63) is 30.1 Å². The van der Waals surface area contributed by atoms with Crippen molar-refractivity contribution >= 4 is 23.5 Å². The summed E-state index contributed by atoms with van der Waals surface area (Å²) >= 11 is 0. The van der Waals surface area contributed by atoms with Crippen molar-refractivity contribution in [2.75, 3.05) is 31.5 Å². The topological polar surface area (TPSA) is 81.8 Å². The zero-order chi connectivity index (χ0) is 18.0. The standard InChI is InChI=1S/C17H21FN4O3/c1-2-22-15(24)17(20-16(22)25)7-9-21(10-8-17)11-14(23)19-13-5-3-12(18)4-6-13/h3-6H,2,7-11H2,1H3,(H,19,23)(H,20,25). The van der Waals surface area contributed by atoms with E-state index in [0.717, 1.165) is 0 Å². The molecule has 0 aliphatic carbocycles. The van der Waals surface area contributed by atoms with Gasteiger partial charge >= 0.3 is 6.03 Å². The Hall–Kier alpha value is -2.48. The summed E-state index contributed by atoms with van der Waals surface area (Å²) in [7, 11) is 0. The van der Waals surface area contributed by atoms with E-state index in [2.05, 4.69) is 10.6 Å². The van der Waals surface area contributed by atoms with Gasteiger partial charge in [0, 0.05) is 25.3 Å². The van der Waals surface area contributed by atoms with E-state index in [9.17, 15) is 18.8 Å². The molecule has 0 bridgehead atoms. The summed E-state index contributed by atoms with van der Waals surface area (Å²) in [5, 5.41) is 5.53. The molecule has 2 N–H and O–H groups in total. The van der Waals surface area contributed by atoms with Crippen LogP contribution in [0.25, 0.3) is 0 Å². The number of benzene rings is 1. The van der Waals surface area contributed by atoms with Crippen LogP contribution in [0.1, 0.15) is 19.8 Å².